The van der Waals surface area contributed by atoms with Crippen molar-refractivity contribution in [2.45, 2.75) is 239 Å². The minimum Gasteiger partial charge on any atom is -0.462 e. The van der Waals surface area contributed by atoms with Gasteiger partial charge in [0.05, 0.1) is 0 Å². The van der Waals surface area contributed by atoms with Gasteiger partial charge in [-0.3, -0.25) is 14.4 Å². The predicted octanol–water partition coefficient (Wildman–Crippen LogP) is 15.1. The van der Waals surface area contributed by atoms with Crippen LogP contribution in [0, 0.1) is 0 Å². The van der Waals surface area contributed by atoms with Crippen LogP contribution in [0.5, 0.6) is 0 Å². The topological polar surface area (TPSA) is 78.9 Å². The van der Waals surface area contributed by atoms with E-state index in [-0.39, 0.29) is 31.1 Å². The molecule has 0 amide bonds. The van der Waals surface area contributed by atoms with E-state index in [2.05, 4.69) is 69.4 Å². The van der Waals surface area contributed by atoms with Gasteiger partial charge in [-0.1, -0.05) is 191 Å². The van der Waals surface area contributed by atoms with Gasteiger partial charge >= 0.3 is 17.9 Å². The first kappa shape index (κ1) is 53.4. The molecule has 0 aliphatic heterocycles. The molecule has 0 bridgehead atoms. The van der Waals surface area contributed by atoms with E-state index in [9.17, 15) is 14.4 Å². The van der Waals surface area contributed by atoms with Crippen molar-refractivity contribution in [2.24, 2.45) is 0 Å². The van der Waals surface area contributed by atoms with Crippen LogP contribution in [0.1, 0.15) is 233 Å². The molecule has 0 saturated heterocycles. The molecule has 0 aromatic carbocycles. The maximum absolute atomic E-state index is 12.7. The third kappa shape index (κ3) is 42.5. The molecule has 1 atom stereocenters. The number of unbranched alkanes of at least 4 members (excludes halogenated alkanes) is 23. The lowest BCUT2D eigenvalue weighted by atomic mass is 10.1. The Bertz CT molecular complexity index is 996. The van der Waals surface area contributed by atoms with E-state index in [0.717, 1.165) is 96.3 Å². The lowest BCUT2D eigenvalue weighted by molar-refractivity contribution is -0.167. The van der Waals surface area contributed by atoms with Gasteiger partial charge in [0.2, 0.25) is 0 Å². The van der Waals surface area contributed by atoms with Crippen molar-refractivity contribution >= 4 is 17.9 Å². The summed E-state index contributed by atoms with van der Waals surface area (Å²) < 4.78 is 16.7. The smallest absolute Gasteiger partial charge is 0.306 e. The molecule has 0 spiro atoms. The summed E-state index contributed by atoms with van der Waals surface area (Å²) in [7, 11) is 0. The summed E-state index contributed by atoms with van der Waals surface area (Å²) in [6.07, 6.45) is 52.4. The fourth-order valence-electron chi connectivity index (χ4n) is 6.52. The molecule has 0 aliphatic carbocycles. The Kier molecular flexibility index (Phi) is 43.0. The van der Waals surface area contributed by atoms with Crippen LogP contribution in [0.25, 0.3) is 0 Å². The van der Waals surface area contributed by atoms with Gasteiger partial charge < -0.3 is 14.2 Å². The molecular formula is C50H88O6. The van der Waals surface area contributed by atoms with Gasteiger partial charge in [0, 0.05) is 19.3 Å². The van der Waals surface area contributed by atoms with Gasteiger partial charge in [0.1, 0.15) is 13.2 Å². The number of ether oxygens (including phenoxy) is 3. The minimum absolute atomic E-state index is 0.0794. The molecule has 0 rings (SSSR count). The van der Waals surface area contributed by atoms with E-state index in [4.69, 9.17) is 14.2 Å². The molecule has 0 saturated carbocycles. The van der Waals surface area contributed by atoms with Crippen LogP contribution in [-0.4, -0.2) is 37.2 Å². The van der Waals surface area contributed by atoms with Crippen LogP contribution in [0.3, 0.4) is 0 Å². The highest BCUT2D eigenvalue weighted by molar-refractivity contribution is 5.71. The summed E-state index contributed by atoms with van der Waals surface area (Å²) in [4.78, 5) is 37.7. The van der Waals surface area contributed by atoms with Crippen LogP contribution in [0.15, 0.2) is 48.6 Å². The van der Waals surface area contributed by atoms with Gasteiger partial charge in [-0.2, -0.15) is 0 Å². The maximum Gasteiger partial charge on any atom is 0.306 e. The van der Waals surface area contributed by atoms with E-state index in [1.807, 2.05) is 0 Å². The number of carbonyl (C=O) groups excluding carboxylic acids is 3. The monoisotopic (exact) mass is 785 g/mol. The summed E-state index contributed by atoms with van der Waals surface area (Å²) in [6.45, 7) is 6.44. The van der Waals surface area contributed by atoms with E-state index in [1.54, 1.807) is 0 Å². The molecule has 1 unspecified atom stereocenters. The molecular weight excluding hydrogens is 697 g/mol. The summed E-state index contributed by atoms with van der Waals surface area (Å²) in [5.74, 6) is -0.898. The molecule has 0 aliphatic rings. The lowest BCUT2D eigenvalue weighted by Gasteiger charge is -2.18. The van der Waals surface area contributed by atoms with Gasteiger partial charge in [0.15, 0.2) is 6.10 Å². The zero-order valence-electron chi connectivity index (χ0n) is 36.9. The van der Waals surface area contributed by atoms with Crippen molar-refractivity contribution in [3.63, 3.8) is 0 Å². The predicted molar refractivity (Wildman–Crippen MR) is 238 cm³/mol. The average molecular weight is 785 g/mol. The molecule has 6 heteroatoms. The number of hydrogen-bond donors (Lipinski definition) is 0. The van der Waals surface area contributed by atoms with Crippen molar-refractivity contribution < 1.29 is 28.6 Å². The first-order valence-electron chi connectivity index (χ1n) is 23.6. The fraction of sp³-hybridized carbons (Fsp3) is 0.780. The molecule has 324 valence electrons. The highest BCUT2D eigenvalue weighted by Crippen LogP contribution is 2.14. The molecule has 0 fully saturated rings. The van der Waals surface area contributed by atoms with Gasteiger partial charge in [0.25, 0.3) is 0 Å². The van der Waals surface area contributed by atoms with Gasteiger partial charge in [-0.25, -0.2) is 0 Å². The molecule has 0 N–H and O–H groups in total. The normalized spacial score (nSPS) is 12.4. The zero-order chi connectivity index (χ0) is 40.8. The third-order valence-electron chi connectivity index (χ3n) is 10.0. The maximum atomic E-state index is 12.7. The van der Waals surface area contributed by atoms with Crippen LogP contribution in [0.2, 0.25) is 0 Å². The van der Waals surface area contributed by atoms with Crippen LogP contribution in [0.4, 0.5) is 0 Å². The number of esters is 3. The summed E-state index contributed by atoms with van der Waals surface area (Å²) in [5, 5.41) is 0. The standard InChI is InChI=1S/C50H88O6/c1-4-7-10-13-16-19-22-23-24-25-26-27-29-31-34-37-40-43-49(52)55-46-47(45-54-48(51)42-39-36-33-30-21-18-15-12-9-6-3)56-50(53)44-41-38-35-32-28-20-17-14-11-8-5-2/h7,10,12,15-16,19,23-24,47H,4-6,8-9,11,13-14,17-18,20-22,25-46H2,1-3H3/b10-7-,15-12-,19-16-,24-23-. The highest BCUT2D eigenvalue weighted by Gasteiger charge is 2.19. The Morgan fingerprint density at radius 1 is 0.375 bits per heavy atom. The SMILES string of the molecule is CC/C=C\C/C=C\C/C=C\CCCCCCCCCC(=O)OCC(COC(=O)CCCCCCC/C=C\CCC)OC(=O)CCCCCCCCCCCCC. The van der Waals surface area contributed by atoms with Gasteiger partial charge in [-0.05, 0) is 70.6 Å². The van der Waals surface area contributed by atoms with Crippen molar-refractivity contribution in [1.82, 2.24) is 0 Å². The number of allylic oxidation sites excluding steroid dienone is 8. The zero-order valence-corrected chi connectivity index (χ0v) is 36.9. The second-order valence-corrected chi connectivity index (χ2v) is 15.6. The molecule has 0 radical (unpaired) electrons. The van der Waals surface area contributed by atoms with Crippen LogP contribution in [-0.2, 0) is 28.6 Å². The van der Waals surface area contributed by atoms with Crippen molar-refractivity contribution in [3.05, 3.63) is 48.6 Å². The van der Waals surface area contributed by atoms with E-state index < -0.39 is 6.10 Å². The Morgan fingerprint density at radius 2 is 0.732 bits per heavy atom. The summed E-state index contributed by atoms with van der Waals surface area (Å²) in [5.41, 5.74) is 0. The van der Waals surface area contributed by atoms with Crippen molar-refractivity contribution in [1.29, 1.82) is 0 Å². The lowest BCUT2D eigenvalue weighted by Crippen LogP contribution is -2.30. The second kappa shape index (κ2) is 45.1. The Balaban J connectivity index is 4.34. The van der Waals surface area contributed by atoms with Crippen LogP contribution < -0.4 is 0 Å². The Hall–Kier alpha value is -2.63. The fourth-order valence-corrected chi connectivity index (χ4v) is 6.52. The molecule has 56 heavy (non-hydrogen) atoms. The first-order valence-corrected chi connectivity index (χ1v) is 23.6. The minimum atomic E-state index is -0.775. The first-order chi connectivity index (χ1) is 27.5. The molecule has 0 aromatic rings. The second-order valence-electron chi connectivity index (χ2n) is 15.6. The molecule has 6 nitrogen and oxygen atoms in total. The number of hydrogen-bond acceptors (Lipinski definition) is 6. The quantitative estimate of drug-likeness (QED) is 0.0265. The molecule has 0 heterocycles. The van der Waals surface area contributed by atoms with E-state index in [0.29, 0.717) is 19.3 Å². The largest absolute Gasteiger partial charge is 0.462 e. The number of rotatable bonds is 42. The van der Waals surface area contributed by atoms with E-state index in [1.165, 1.54) is 96.3 Å². The highest BCUT2D eigenvalue weighted by atomic mass is 16.6. The molecule has 0 aromatic heterocycles. The van der Waals surface area contributed by atoms with Crippen molar-refractivity contribution in [2.75, 3.05) is 13.2 Å². The third-order valence-corrected chi connectivity index (χ3v) is 10.0. The summed E-state index contributed by atoms with van der Waals surface area (Å²) in [6, 6.07) is 0. The van der Waals surface area contributed by atoms with E-state index >= 15 is 0 Å². The van der Waals surface area contributed by atoms with Crippen molar-refractivity contribution in [3.8, 4) is 0 Å². The Morgan fingerprint density at radius 3 is 1.18 bits per heavy atom. The average Bonchev–Trinajstić information content (AvgIpc) is 3.19. The van der Waals surface area contributed by atoms with Gasteiger partial charge in [-0.15, -0.1) is 0 Å². The number of carbonyl (C=O) groups is 3. The summed E-state index contributed by atoms with van der Waals surface area (Å²) >= 11 is 0. The van der Waals surface area contributed by atoms with Crippen LogP contribution >= 0.6 is 0 Å². The Labute approximate surface area is 346 Å².